The minimum atomic E-state index is -1.14. The molecule has 0 unspecified atom stereocenters. The lowest BCUT2D eigenvalue weighted by molar-refractivity contribution is 0.0124. The summed E-state index contributed by atoms with van der Waals surface area (Å²) in [6.07, 6.45) is 3.93. The predicted molar refractivity (Wildman–Crippen MR) is 153 cm³/mol. The van der Waals surface area contributed by atoms with Gasteiger partial charge in [0, 0.05) is 30.2 Å². The van der Waals surface area contributed by atoms with Crippen LogP contribution in [0.4, 0.5) is 13.2 Å². The molecular formula is C32H33F3N6O. The second kappa shape index (κ2) is 10.8. The van der Waals surface area contributed by atoms with E-state index in [1.54, 1.807) is 12.1 Å². The molecule has 7 nitrogen and oxygen atoms in total. The second-order valence-corrected chi connectivity index (χ2v) is 11.7. The van der Waals surface area contributed by atoms with Crippen LogP contribution in [0.2, 0.25) is 0 Å². The zero-order chi connectivity index (χ0) is 29.8. The van der Waals surface area contributed by atoms with Crippen LogP contribution >= 0.6 is 0 Å². The van der Waals surface area contributed by atoms with Crippen LogP contribution in [-0.2, 0) is 13.1 Å². The van der Waals surface area contributed by atoms with Gasteiger partial charge in [0.2, 0.25) is 0 Å². The summed E-state index contributed by atoms with van der Waals surface area (Å²) in [6.45, 7) is 4.24. The van der Waals surface area contributed by atoms with Gasteiger partial charge in [-0.3, -0.25) is 4.90 Å². The number of fused-ring (bicyclic) bond motifs is 3. The first-order valence-corrected chi connectivity index (χ1v) is 14.4. The van der Waals surface area contributed by atoms with Gasteiger partial charge in [-0.05, 0) is 78.6 Å². The second-order valence-electron chi connectivity index (χ2n) is 11.7. The lowest BCUT2D eigenvalue weighted by atomic mass is 9.91. The van der Waals surface area contributed by atoms with E-state index in [1.807, 2.05) is 32.0 Å². The Morgan fingerprint density at radius 1 is 1.02 bits per heavy atom. The highest BCUT2D eigenvalue weighted by Crippen LogP contribution is 2.41. The van der Waals surface area contributed by atoms with Gasteiger partial charge in [0.15, 0.2) is 11.6 Å². The van der Waals surface area contributed by atoms with E-state index < -0.39 is 23.1 Å². The molecule has 3 atom stereocenters. The molecule has 10 heteroatoms. The first-order valence-electron chi connectivity index (χ1n) is 14.4. The van der Waals surface area contributed by atoms with Gasteiger partial charge in [-0.1, -0.05) is 37.3 Å². The number of nitrogens with zero attached hydrogens (tertiary/aromatic N) is 5. The summed E-state index contributed by atoms with van der Waals surface area (Å²) in [5.74, 6) is -2.90. The van der Waals surface area contributed by atoms with Crippen LogP contribution in [0.15, 0.2) is 42.5 Å². The van der Waals surface area contributed by atoms with Crippen molar-refractivity contribution in [2.45, 2.75) is 82.8 Å². The molecule has 0 radical (unpaired) electrons. The van der Waals surface area contributed by atoms with E-state index in [-0.39, 0.29) is 34.7 Å². The Balaban J connectivity index is 1.46. The van der Waals surface area contributed by atoms with Crippen LogP contribution in [-0.4, -0.2) is 48.7 Å². The monoisotopic (exact) mass is 574 g/mol. The Bertz CT molecular complexity index is 1710. The molecule has 0 amide bonds. The minimum Gasteiger partial charge on any atom is -0.388 e. The fourth-order valence-electron chi connectivity index (χ4n) is 6.67. The summed E-state index contributed by atoms with van der Waals surface area (Å²) in [6, 6.07) is 13.8. The number of hydrogen-bond donors (Lipinski definition) is 2. The van der Waals surface area contributed by atoms with Crippen molar-refractivity contribution < 1.29 is 18.3 Å². The Labute approximate surface area is 242 Å². The molecule has 0 spiro atoms. The molecule has 2 aliphatic heterocycles. The summed E-state index contributed by atoms with van der Waals surface area (Å²) in [5.41, 5.74) is 7.32. The van der Waals surface area contributed by atoms with Crippen LogP contribution in [0, 0.1) is 28.8 Å². The van der Waals surface area contributed by atoms with Crippen LogP contribution < -0.4 is 5.73 Å². The number of rotatable bonds is 8. The molecular weight excluding hydrogens is 541 g/mol. The van der Waals surface area contributed by atoms with Gasteiger partial charge in [0.05, 0.1) is 17.7 Å². The van der Waals surface area contributed by atoms with E-state index in [4.69, 9.17) is 5.73 Å². The van der Waals surface area contributed by atoms with Gasteiger partial charge in [-0.2, -0.15) is 5.26 Å². The molecule has 0 saturated carbocycles. The Kier molecular flexibility index (Phi) is 7.29. The van der Waals surface area contributed by atoms with Crippen LogP contribution in [0.3, 0.4) is 0 Å². The number of nitrogens with two attached hydrogens (primary N) is 1. The maximum Gasteiger partial charge on any atom is 0.187 e. The zero-order valence-corrected chi connectivity index (χ0v) is 23.6. The van der Waals surface area contributed by atoms with Gasteiger partial charge in [-0.15, -0.1) is 5.10 Å². The lowest BCUT2D eigenvalue weighted by Gasteiger charge is -2.25. The van der Waals surface area contributed by atoms with Crippen molar-refractivity contribution in [1.29, 1.82) is 5.26 Å². The largest absolute Gasteiger partial charge is 0.388 e. The summed E-state index contributed by atoms with van der Waals surface area (Å²) in [4.78, 5) is 2.40. The Morgan fingerprint density at radius 3 is 2.45 bits per heavy atom. The molecule has 0 aliphatic carbocycles. The van der Waals surface area contributed by atoms with Gasteiger partial charge < -0.3 is 10.8 Å². The summed E-state index contributed by atoms with van der Waals surface area (Å²) in [7, 11) is 0. The highest BCUT2D eigenvalue weighted by atomic mass is 19.2. The van der Waals surface area contributed by atoms with Crippen molar-refractivity contribution in [3.05, 3.63) is 71.0 Å². The van der Waals surface area contributed by atoms with Gasteiger partial charge in [0.1, 0.15) is 22.9 Å². The molecule has 1 aromatic heterocycles. The fourth-order valence-corrected chi connectivity index (χ4v) is 6.67. The molecule has 2 aliphatic rings. The standard InChI is InChI=1S/C32H33F3N6O/c1-3-32(42,4-2)17-41-31-27(38-39-41)14-24(29(34)30(31)35)22-9-5-18(16-40-21-8-10-28(40)26(37)13-21)11-23(22)19-6-7-20(15-36)25(33)12-19/h5-7,9,11-12,14,21,26,28,42H,3-4,8,10,13,16-17,37H2,1-2H3/t21-,26+,28+/m1/s1. The van der Waals surface area contributed by atoms with Gasteiger partial charge >= 0.3 is 0 Å². The summed E-state index contributed by atoms with van der Waals surface area (Å²) in [5, 5.41) is 28.1. The number of nitriles is 1. The molecule has 2 bridgehead atoms. The quantitative estimate of drug-likeness (QED) is 0.281. The average molecular weight is 575 g/mol. The van der Waals surface area contributed by atoms with Crippen molar-refractivity contribution in [2.75, 3.05) is 0 Å². The molecule has 218 valence electrons. The lowest BCUT2D eigenvalue weighted by Crippen LogP contribution is -2.36. The molecule has 4 aromatic rings. The minimum absolute atomic E-state index is 0.0290. The van der Waals surface area contributed by atoms with Gasteiger partial charge in [-0.25, -0.2) is 17.9 Å². The highest BCUT2D eigenvalue weighted by Gasteiger charge is 2.44. The molecule has 3 aromatic carbocycles. The van der Waals surface area contributed by atoms with Crippen molar-refractivity contribution in [1.82, 2.24) is 19.9 Å². The third-order valence-corrected chi connectivity index (χ3v) is 9.31. The van der Waals surface area contributed by atoms with E-state index in [0.717, 1.165) is 24.8 Å². The first-order chi connectivity index (χ1) is 20.2. The maximum atomic E-state index is 15.9. The molecule has 3 N–H and O–H groups in total. The average Bonchev–Trinajstić information content (AvgIpc) is 3.66. The number of halogens is 3. The van der Waals surface area contributed by atoms with Crippen molar-refractivity contribution in [2.24, 2.45) is 5.73 Å². The molecule has 2 saturated heterocycles. The maximum absolute atomic E-state index is 15.9. The normalized spacial score (nSPS) is 20.5. The van der Waals surface area contributed by atoms with E-state index in [9.17, 15) is 14.8 Å². The van der Waals surface area contributed by atoms with Crippen LogP contribution in [0.1, 0.15) is 57.1 Å². The third-order valence-electron chi connectivity index (χ3n) is 9.31. The van der Waals surface area contributed by atoms with E-state index in [1.165, 1.54) is 22.9 Å². The summed E-state index contributed by atoms with van der Waals surface area (Å²) < 4.78 is 47.6. The van der Waals surface area contributed by atoms with Crippen LogP contribution in [0.5, 0.6) is 0 Å². The Hall–Kier alpha value is -3.78. The number of aliphatic hydroxyl groups is 1. The number of aromatic nitrogens is 3. The van der Waals surface area contributed by atoms with Crippen LogP contribution in [0.25, 0.3) is 33.3 Å². The Morgan fingerprint density at radius 2 is 1.81 bits per heavy atom. The summed E-state index contributed by atoms with van der Waals surface area (Å²) >= 11 is 0. The molecule has 2 fully saturated rings. The number of benzene rings is 3. The molecule has 42 heavy (non-hydrogen) atoms. The van der Waals surface area contributed by atoms with Crippen molar-refractivity contribution in [3.63, 3.8) is 0 Å². The van der Waals surface area contributed by atoms with E-state index in [0.29, 0.717) is 48.2 Å². The van der Waals surface area contributed by atoms with Crippen molar-refractivity contribution in [3.8, 4) is 28.3 Å². The van der Waals surface area contributed by atoms with Crippen molar-refractivity contribution >= 4 is 11.0 Å². The first kappa shape index (κ1) is 28.3. The fraction of sp³-hybridized carbons (Fsp3) is 0.406. The topological polar surface area (TPSA) is 104 Å². The smallest absolute Gasteiger partial charge is 0.187 e. The third kappa shape index (κ3) is 4.75. The molecule has 3 heterocycles. The van der Waals surface area contributed by atoms with E-state index >= 15 is 8.78 Å². The number of hydrogen-bond acceptors (Lipinski definition) is 6. The molecule has 6 rings (SSSR count). The predicted octanol–water partition coefficient (Wildman–Crippen LogP) is 5.67. The zero-order valence-electron chi connectivity index (χ0n) is 23.6. The highest BCUT2D eigenvalue weighted by molar-refractivity contribution is 5.89. The van der Waals surface area contributed by atoms with E-state index in [2.05, 4.69) is 15.2 Å². The SMILES string of the molecule is CCC(O)(CC)Cn1nnc2cc(-c3ccc(CN4[C@@H]5CC[C@H]4[C@@H](N)C5)cc3-c3ccc(C#N)c(F)c3)c(F)c(F)c21. The van der Waals surface area contributed by atoms with Gasteiger partial charge in [0.25, 0.3) is 0 Å².